The van der Waals surface area contributed by atoms with Crippen molar-refractivity contribution >= 4 is 26.9 Å². The Labute approximate surface area is 189 Å². The maximum absolute atomic E-state index is 12.3. The number of hydrogen-bond acceptors (Lipinski definition) is 3. The van der Waals surface area contributed by atoms with E-state index < -0.39 is 9.84 Å². The summed E-state index contributed by atoms with van der Waals surface area (Å²) in [7, 11) is -3.32. The van der Waals surface area contributed by atoms with Gasteiger partial charge in [-0.1, -0.05) is 80.6 Å². The Kier molecular flexibility index (Phi) is 4.72. The molecule has 0 aromatic heterocycles. The molecule has 3 nitrogen and oxygen atoms in total. The minimum atomic E-state index is -3.32. The molecule has 0 unspecified atom stereocenters. The van der Waals surface area contributed by atoms with E-state index in [4.69, 9.17) is 0 Å². The van der Waals surface area contributed by atoms with Crippen molar-refractivity contribution < 1.29 is 8.42 Å². The summed E-state index contributed by atoms with van der Waals surface area (Å²) >= 11 is 0. The number of sulfone groups is 1. The molecule has 0 saturated carbocycles. The van der Waals surface area contributed by atoms with Crippen LogP contribution in [-0.4, -0.2) is 14.7 Å². The van der Waals surface area contributed by atoms with Crippen molar-refractivity contribution in [2.45, 2.75) is 24.2 Å². The summed E-state index contributed by atoms with van der Waals surface area (Å²) in [6, 6.07) is 32.4. The molecule has 0 amide bonds. The van der Waals surface area contributed by atoms with E-state index in [0.29, 0.717) is 4.90 Å². The molecule has 0 N–H and O–H groups in total. The van der Waals surface area contributed by atoms with Crippen molar-refractivity contribution in [3.05, 3.63) is 108 Å². The SMILES string of the molecule is CC1(C)c2ccccc2N(c2ccc(-c3ccccc3S(C)(=O)=O)cc2)c2ccccc21. The molecule has 32 heavy (non-hydrogen) atoms. The molecule has 0 fully saturated rings. The van der Waals surface area contributed by atoms with Crippen LogP contribution in [0.15, 0.2) is 102 Å². The van der Waals surface area contributed by atoms with Crippen molar-refractivity contribution in [1.29, 1.82) is 0 Å². The van der Waals surface area contributed by atoms with Crippen LogP contribution in [0.25, 0.3) is 11.1 Å². The molecule has 0 saturated heterocycles. The van der Waals surface area contributed by atoms with E-state index in [2.05, 4.69) is 79.4 Å². The fourth-order valence-electron chi connectivity index (χ4n) is 4.77. The Balaban J connectivity index is 1.65. The van der Waals surface area contributed by atoms with Crippen molar-refractivity contribution in [2.75, 3.05) is 11.2 Å². The lowest BCUT2D eigenvalue weighted by molar-refractivity contribution is 0.602. The molecule has 4 heteroatoms. The molecule has 0 radical (unpaired) electrons. The van der Waals surface area contributed by atoms with E-state index in [-0.39, 0.29) is 5.41 Å². The fraction of sp³-hybridized carbons (Fsp3) is 0.143. The van der Waals surface area contributed by atoms with Crippen LogP contribution in [0.3, 0.4) is 0 Å². The quantitative estimate of drug-likeness (QED) is 0.350. The fourth-order valence-corrected chi connectivity index (χ4v) is 5.68. The molecule has 1 aliphatic heterocycles. The second kappa shape index (κ2) is 7.35. The van der Waals surface area contributed by atoms with Gasteiger partial charge in [-0.2, -0.15) is 0 Å². The van der Waals surface area contributed by atoms with Crippen LogP contribution >= 0.6 is 0 Å². The molecule has 1 aliphatic rings. The van der Waals surface area contributed by atoms with Crippen LogP contribution in [-0.2, 0) is 15.3 Å². The normalized spacial score (nSPS) is 14.5. The Morgan fingerprint density at radius 3 is 1.72 bits per heavy atom. The minimum Gasteiger partial charge on any atom is -0.310 e. The Morgan fingerprint density at radius 1 is 0.656 bits per heavy atom. The van der Waals surface area contributed by atoms with E-state index >= 15 is 0 Å². The van der Waals surface area contributed by atoms with Crippen LogP contribution in [0.5, 0.6) is 0 Å². The van der Waals surface area contributed by atoms with Gasteiger partial charge < -0.3 is 4.90 Å². The third kappa shape index (κ3) is 3.23. The number of rotatable bonds is 3. The number of hydrogen-bond donors (Lipinski definition) is 0. The molecule has 0 bridgehead atoms. The number of para-hydroxylation sites is 2. The molecule has 4 aromatic rings. The first-order valence-corrected chi connectivity index (χ1v) is 12.6. The maximum atomic E-state index is 12.3. The second-order valence-corrected chi connectivity index (χ2v) is 10.8. The number of nitrogens with zero attached hydrogens (tertiary/aromatic N) is 1. The van der Waals surface area contributed by atoms with Crippen molar-refractivity contribution in [3.8, 4) is 11.1 Å². The second-order valence-electron chi connectivity index (χ2n) is 8.81. The average Bonchev–Trinajstić information content (AvgIpc) is 2.79. The Hall–Kier alpha value is -3.37. The van der Waals surface area contributed by atoms with E-state index in [1.54, 1.807) is 12.1 Å². The van der Waals surface area contributed by atoms with E-state index in [1.807, 2.05) is 24.3 Å². The van der Waals surface area contributed by atoms with Gasteiger partial charge in [0.1, 0.15) is 0 Å². The smallest absolute Gasteiger partial charge is 0.176 e. The predicted molar refractivity (Wildman–Crippen MR) is 132 cm³/mol. The van der Waals surface area contributed by atoms with Gasteiger partial charge in [-0.25, -0.2) is 8.42 Å². The van der Waals surface area contributed by atoms with Crippen molar-refractivity contribution in [3.63, 3.8) is 0 Å². The zero-order valence-corrected chi connectivity index (χ0v) is 19.2. The van der Waals surface area contributed by atoms with Crippen LogP contribution in [0, 0.1) is 0 Å². The maximum Gasteiger partial charge on any atom is 0.176 e. The highest BCUT2D eigenvalue weighted by molar-refractivity contribution is 7.90. The standard InChI is InChI=1S/C28H25NO2S/c1-28(2)23-11-5-7-13-25(23)29(26-14-8-6-12-24(26)28)21-18-16-20(17-19-21)22-10-4-9-15-27(22)32(3,30)31/h4-19H,1-3H3. The summed E-state index contributed by atoms with van der Waals surface area (Å²) in [5.74, 6) is 0. The van der Waals surface area contributed by atoms with Crippen LogP contribution < -0.4 is 4.90 Å². The van der Waals surface area contributed by atoms with Gasteiger partial charge in [0.25, 0.3) is 0 Å². The molecular weight excluding hydrogens is 414 g/mol. The molecule has 0 aliphatic carbocycles. The molecule has 4 aromatic carbocycles. The molecule has 0 spiro atoms. The van der Waals surface area contributed by atoms with Gasteiger partial charge in [-0.05, 0) is 47.0 Å². The summed E-state index contributed by atoms with van der Waals surface area (Å²) in [6.07, 6.45) is 1.25. The molecule has 0 atom stereocenters. The highest BCUT2D eigenvalue weighted by Gasteiger charge is 2.36. The molecule has 160 valence electrons. The Bertz CT molecular complexity index is 1370. The monoisotopic (exact) mass is 439 g/mol. The zero-order valence-electron chi connectivity index (χ0n) is 18.4. The average molecular weight is 440 g/mol. The first-order chi connectivity index (χ1) is 15.3. The number of fused-ring (bicyclic) bond motifs is 2. The minimum absolute atomic E-state index is 0.0992. The largest absolute Gasteiger partial charge is 0.310 e. The molecular formula is C28H25NO2S. The Morgan fingerprint density at radius 2 is 1.16 bits per heavy atom. The van der Waals surface area contributed by atoms with Crippen molar-refractivity contribution in [2.24, 2.45) is 0 Å². The predicted octanol–water partition coefficient (Wildman–Crippen LogP) is 6.87. The summed E-state index contributed by atoms with van der Waals surface area (Å²) < 4.78 is 24.5. The van der Waals surface area contributed by atoms with Crippen LogP contribution in [0.4, 0.5) is 17.1 Å². The van der Waals surface area contributed by atoms with Gasteiger partial charge in [0.2, 0.25) is 0 Å². The van der Waals surface area contributed by atoms with Gasteiger partial charge in [-0.15, -0.1) is 0 Å². The lowest BCUT2D eigenvalue weighted by Crippen LogP contribution is -2.30. The van der Waals surface area contributed by atoms with Crippen LogP contribution in [0.2, 0.25) is 0 Å². The van der Waals surface area contributed by atoms with Gasteiger partial charge in [0.15, 0.2) is 9.84 Å². The first kappa shape index (κ1) is 20.5. The van der Waals surface area contributed by atoms with E-state index in [9.17, 15) is 8.42 Å². The van der Waals surface area contributed by atoms with Gasteiger partial charge >= 0.3 is 0 Å². The number of anilines is 3. The lowest BCUT2D eigenvalue weighted by Gasteiger charge is -2.42. The third-order valence-electron chi connectivity index (χ3n) is 6.36. The summed E-state index contributed by atoms with van der Waals surface area (Å²) in [5.41, 5.74) is 7.45. The zero-order chi connectivity index (χ0) is 22.5. The highest BCUT2D eigenvalue weighted by atomic mass is 32.2. The third-order valence-corrected chi connectivity index (χ3v) is 7.51. The van der Waals surface area contributed by atoms with E-state index in [0.717, 1.165) is 16.8 Å². The lowest BCUT2D eigenvalue weighted by atomic mass is 9.73. The molecule has 5 rings (SSSR count). The highest BCUT2D eigenvalue weighted by Crippen LogP contribution is 2.51. The van der Waals surface area contributed by atoms with E-state index in [1.165, 1.54) is 28.8 Å². The van der Waals surface area contributed by atoms with Gasteiger partial charge in [0, 0.05) is 22.9 Å². The molecule has 1 heterocycles. The summed E-state index contributed by atoms with van der Waals surface area (Å²) in [5, 5.41) is 0. The topological polar surface area (TPSA) is 37.4 Å². The number of benzene rings is 4. The van der Waals surface area contributed by atoms with Crippen LogP contribution in [0.1, 0.15) is 25.0 Å². The van der Waals surface area contributed by atoms with Crippen molar-refractivity contribution in [1.82, 2.24) is 0 Å². The summed E-state index contributed by atoms with van der Waals surface area (Å²) in [4.78, 5) is 2.64. The van der Waals surface area contributed by atoms with Gasteiger partial charge in [-0.3, -0.25) is 0 Å². The summed E-state index contributed by atoms with van der Waals surface area (Å²) in [6.45, 7) is 4.54. The van der Waals surface area contributed by atoms with Gasteiger partial charge in [0.05, 0.1) is 16.3 Å². The first-order valence-electron chi connectivity index (χ1n) is 10.7.